The molecule has 2 aliphatic carbocycles. The molecular weight excluding hydrogens is 258 g/mol. The number of nitrogens with zero attached hydrogens (tertiary/aromatic N) is 1. The molecule has 0 aromatic heterocycles. The molecule has 0 bridgehead atoms. The van der Waals surface area contributed by atoms with Gasteiger partial charge in [-0.2, -0.15) is 0 Å². The number of guanidine groups is 1. The van der Waals surface area contributed by atoms with Crippen LogP contribution >= 0.6 is 0 Å². The summed E-state index contributed by atoms with van der Waals surface area (Å²) in [5, 5.41) is 7.07. The van der Waals surface area contributed by atoms with Gasteiger partial charge in [0.25, 0.3) is 0 Å². The van der Waals surface area contributed by atoms with Crippen LogP contribution in [-0.4, -0.2) is 25.6 Å². The zero-order chi connectivity index (χ0) is 14.5. The lowest BCUT2D eigenvalue weighted by molar-refractivity contribution is 0.293. The second-order valence-corrected chi connectivity index (χ2v) is 6.71. The summed E-state index contributed by atoms with van der Waals surface area (Å²) >= 11 is 0. The van der Waals surface area contributed by atoms with Gasteiger partial charge in [0.1, 0.15) is 0 Å². The topological polar surface area (TPSA) is 36.4 Å². The molecule has 0 saturated heterocycles. The van der Waals surface area contributed by atoms with E-state index >= 15 is 0 Å². The zero-order valence-corrected chi connectivity index (χ0v) is 13.1. The summed E-state index contributed by atoms with van der Waals surface area (Å²) in [6.45, 7) is 1.04. The molecule has 2 saturated carbocycles. The molecule has 1 aromatic rings. The summed E-state index contributed by atoms with van der Waals surface area (Å²) in [6, 6.07) is 11.6. The Bertz CT molecular complexity index is 470. The smallest absolute Gasteiger partial charge is 0.191 e. The van der Waals surface area contributed by atoms with Crippen LogP contribution in [0.1, 0.15) is 44.1 Å². The van der Waals surface area contributed by atoms with Crippen molar-refractivity contribution < 1.29 is 0 Å². The maximum absolute atomic E-state index is 4.36. The minimum atomic E-state index is 0.405. The van der Waals surface area contributed by atoms with E-state index in [1.54, 1.807) is 0 Å². The van der Waals surface area contributed by atoms with Crippen LogP contribution in [-0.2, 0) is 6.42 Å². The molecule has 3 nitrogen and oxygen atoms in total. The van der Waals surface area contributed by atoms with Gasteiger partial charge in [0, 0.05) is 19.6 Å². The van der Waals surface area contributed by atoms with Crippen LogP contribution in [0.4, 0.5) is 0 Å². The molecule has 0 aliphatic heterocycles. The summed E-state index contributed by atoms with van der Waals surface area (Å²) < 4.78 is 0. The van der Waals surface area contributed by atoms with Crippen molar-refractivity contribution in [2.75, 3.05) is 13.6 Å². The van der Waals surface area contributed by atoms with E-state index in [9.17, 15) is 0 Å². The first-order valence-corrected chi connectivity index (χ1v) is 8.31. The van der Waals surface area contributed by atoms with Crippen LogP contribution in [0.5, 0.6) is 0 Å². The molecule has 0 spiro atoms. The maximum Gasteiger partial charge on any atom is 0.191 e. The van der Waals surface area contributed by atoms with E-state index in [4.69, 9.17) is 0 Å². The number of nitrogens with one attached hydrogen (secondary N) is 2. The average Bonchev–Trinajstić information content (AvgIpc) is 3.22. The highest BCUT2D eigenvalue weighted by molar-refractivity contribution is 5.80. The predicted molar refractivity (Wildman–Crippen MR) is 88.6 cm³/mol. The Kier molecular flexibility index (Phi) is 4.47. The molecule has 2 fully saturated rings. The quantitative estimate of drug-likeness (QED) is 0.644. The van der Waals surface area contributed by atoms with E-state index in [1.807, 2.05) is 7.05 Å². The SMILES string of the molecule is CN=C(NCC1(Cc2ccccc2)CCCC1)NC1CC1. The fourth-order valence-corrected chi connectivity index (χ4v) is 3.46. The summed E-state index contributed by atoms with van der Waals surface area (Å²) in [6.07, 6.45) is 9.14. The summed E-state index contributed by atoms with van der Waals surface area (Å²) in [7, 11) is 1.87. The molecule has 0 radical (unpaired) electrons. The van der Waals surface area contributed by atoms with Crippen molar-refractivity contribution in [3.8, 4) is 0 Å². The van der Waals surface area contributed by atoms with Crippen LogP contribution in [0, 0.1) is 5.41 Å². The van der Waals surface area contributed by atoms with Gasteiger partial charge in [0.05, 0.1) is 0 Å². The standard InChI is InChI=1S/C18H27N3/c1-19-17(21-16-9-10-16)20-14-18(11-5-6-12-18)13-15-7-3-2-4-8-15/h2-4,7-8,16H,5-6,9-14H2,1H3,(H2,19,20,21). The molecule has 2 N–H and O–H groups in total. The summed E-state index contributed by atoms with van der Waals surface area (Å²) in [5.74, 6) is 0.983. The van der Waals surface area contributed by atoms with Crippen LogP contribution in [0.25, 0.3) is 0 Å². The highest BCUT2D eigenvalue weighted by atomic mass is 15.2. The number of rotatable bonds is 5. The summed E-state index contributed by atoms with van der Waals surface area (Å²) in [4.78, 5) is 4.36. The lowest BCUT2D eigenvalue weighted by atomic mass is 9.80. The van der Waals surface area contributed by atoms with E-state index in [2.05, 4.69) is 46.0 Å². The first-order valence-electron chi connectivity index (χ1n) is 8.31. The first kappa shape index (κ1) is 14.4. The van der Waals surface area contributed by atoms with Crippen LogP contribution in [0.15, 0.2) is 35.3 Å². The Morgan fingerprint density at radius 1 is 1.19 bits per heavy atom. The molecule has 3 rings (SSSR count). The van der Waals surface area contributed by atoms with Gasteiger partial charge in [0.15, 0.2) is 5.96 Å². The Morgan fingerprint density at radius 2 is 1.90 bits per heavy atom. The first-order chi connectivity index (χ1) is 10.3. The molecular formula is C18H27N3. The van der Waals surface area contributed by atoms with Crippen molar-refractivity contribution in [1.82, 2.24) is 10.6 Å². The number of hydrogen-bond acceptors (Lipinski definition) is 1. The van der Waals surface area contributed by atoms with Gasteiger partial charge in [-0.05, 0) is 43.1 Å². The van der Waals surface area contributed by atoms with Crippen molar-refractivity contribution in [3.63, 3.8) is 0 Å². The zero-order valence-electron chi connectivity index (χ0n) is 13.1. The highest BCUT2D eigenvalue weighted by Crippen LogP contribution is 2.40. The van der Waals surface area contributed by atoms with Gasteiger partial charge in [0.2, 0.25) is 0 Å². The highest BCUT2D eigenvalue weighted by Gasteiger charge is 2.34. The van der Waals surface area contributed by atoms with E-state index < -0.39 is 0 Å². The molecule has 21 heavy (non-hydrogen) atoms. The third-order valence-electron chi connectivity index (χ3n) is 4.86. The van der Waals surface area contributed by atoms with Gasteiger partial charge < -0.3 is 10.6 Å². The second kappa shape index (κ2) is 6.50. The molecule has 1 aromatic carbocycles. The lowest BCUT2D eigenvalue weighted by Gasteiger charge is -2.30. The number of benzene rings is 1. The van der Waals surface area contributed by atoms with Crippen molar-refractivity contribution in [1.29, 1.82) is 0 Å². The normalized spacial score (nSPS) is 21.3. The van der Waals surface area contributed by atoms with Crippen molar-refractivity contribution >= 4 is 5.96 Å². The number of aliphatic imine (C=N–C) groups is 1. The molecule has 2 aliphatic rings. The van der Waals surface area contributed by atoms with E-state index in [0.717, 1.165) is 12.5 Å². The summed E-state index contributed by atoms with van der Waals surface area (Å²) in [5.41, 5.74) is 1.87. The Hall–Kier alpha value is -1.51. The van der Waals surface area contributed by atoms with E-state index in [1.165, 1.54) is 50.5 Å². The van der Waals surface area contributed by atoms with Crippen molar-refractivity contribution in [2.45, 2.75) is 51.0 Å². The van der Waals surface area contributed by atoms with Crippen molar-refractivity contribution in [3.05, 3.63) is 35.9 Å². The molecule has 0 amide bonds. The molecule has 0 atom stereocenters. The fourth-order valence-electron chi connectivity index (χ4n) is 3.46. The lowest BCUT2D eigenvalue weighted by Crippen LogP contribution is -2.44. The third kappa shape index (κ3) is 3.99. The van der Waals surface area contributed by atoms with Gasteiger partial charge in [-0.25, -0.2) is 0 Å². The van der Waals surface area contributed by atoms with E-state index in [0.29, 0.717) is 11.5 Å². The van der Waals surface area contributed by atoms with Gasteiger partial charge in [-0.3, -0.25) is 4.99 Å². The van der Waals surface area contributed by atoms with Crippen LogP contribution < -0.4 is 10.6 Å². The average molecular weight is 285 g/mol. The Balaban J connectivity index is 1.60. The largest absolute Gasteiger partial charge is 0.356 e. The third-order valence-corrected chi connectivity index (χ3v) is 4.86. The monoisotopic (exact) mass is 285 g/mol. The fraction of sp³-hybridized carbons (Fsp3) is 0.611. The predicted octanol–water partition coefficient (Wildman–Crippen LogP) is 3.12. The minimum absolute atomic E-state index is 0.405. The number of hydrogen-bond donors (Lipinski definition) is 2. The van der Waals surface area contributed by atoms with Crippen LogP contribution in [0.3, 0.4) is 0 Å². The van der Waals surface area contributed by atoms with Gasteiger partial charge >= 0.3 is 0 Å². The molecule has 114 valence electrons. The molecule has 0 unspecified atom stereocenters. The van der Waals surface area contributed by atoms with Crippen LogP contribution in [0.2, 0.25) is 0 Å². The molecule has 3 heteroatoms. The Labute approximate surface area is 128 Å². The minimum Gasteiger partial charge on any atom is -0.356 e. The van der Waals surface area contributed by atoms with E-state index in [-0.39, 0.29) is 0 Å². The maximum atomic E-state index is 4.36. The second-order valence-electron chi connectivity index (χ2n) is 6.71. The van der Waals surface area contributed by atoms with Gasteiger partial charge in [-0.1, -0.05) is 43.2 Å². The van der Waals surface area contributed by atoms with Gasteiger partial charge in [-0.15, -0.1) is 0 Å². The van der Waals surface area contributed by atoms with Crippen molar-refractivity contribution in [2.24, 2.45) is 10.4 Å². The molecule has 0 heterocycles. The Morgan fingerprint density at radius 3 is 2.52 bits per heavy atom.